The molecule has 1 aromatic heterocycles. The van der Waals surface area contributed by atoms with Crippen LogP contribution in [0.25, 0.3) is 0 Å². The summed E-state index contributed by atoms with van der Waals surface area (Å²) >= 11 is 1.34. The van der Waals surface area contributed by atoms with Gasteiger partial charge in [-0.1, -0.05) is 13.8 Å². The molecule has 0 aromatic carbocycles. The van der Waals surface area contributed by atoms with Crippen LogP contribution in [-0.2, 0) is 0 Å². The Morgan fingerprint density at radius 1 is 1.38 bits per heavy atom. The number of carbonyl (C=O) groups is 1. The summed E-state index contributed by atoms with van der Waals surface area (Å²) in [5.74, 6) is 1.35. The number of nitrogens with zero attached hydrogens (tertiary/aromatic N) is 2. The molecule has 0 atom stereocenters. The van der Waals surface area contributed by atoms with Crippen molar-refractivity contribution in [1.29, 1.82) is 0 Å². The number of carbonyl (C=O) groups excluding carboxylic acids is 1. The lowest BCUT2D eigenvalue weighted by Gasteiger charge is -2.34. The van der Waals surface area contributed by atoms with Gasteiger partial charge in [-0.3, -0.25) is 4.79 Å². The molecular formula is C15H23N3O2S. The third-order valence-corrected chi connectivity index (χ3v) is 4.95. The third kappa shape index (κ3) is 3.48. The molecule has 1 saturated heterocycles. The summed E-state index contributed by atoms with van der Waals surface area (Å²) < 4.78 is 0. The van der Waals surface area contributed by atoms with E-state index in [2.05, 4.69) is 23.8 Å². The van der Waals surface area contributed by atoms with Crippen molar-refractivity contribution in [3.05, 3.63) is 21.7 Å². The van der Waals surface area contributed by atoms with Crippen LogP contribution in [0.15, 0.2) is 9.82 Å². The zero-order chi connectivity index (χ0) is 15.6. The largest absolute Gasteiger partial charge is 0.346 e. The van der Waals surface area contributed by atoms with E-state index < -0.39 is 5.69 Å². The first-order valence-corrected chi connectivity index (χ1v) is 8.60. The number of likely N-dealkylation sites (tertiary alicyclic amines) is 1. The summed E-state index contributed by atoms with van der Waals surface area (Å²) in [5, 5.41) is 0.521. The van der Waals surface area contributed by atoms with Gasteiger partial charge in [0.05, 0.1) is 5.56 Å². The minimum absolute atomic E-state index is 0.0113. The second-order valence-electron chi connectivity index (χ2n) is 5.92. The number of amides is 1. The number of rotatable bonds is 3. The van der Waals surface area contributed by atoms with Crippen LogP contribution in [0.3, 0.4) is 0 Å². The highest BCUT2D eigenvalue weighted by molar-refractivity contribution is 7.98. The van der Waals surface area contributed by atoms with E-state index in [4.69, 9.17) is 0 Å². The second-order valence-corrected chi connectivity index (χ2v) is 6.72. The van der Waals surface area contributed by atoms with Crippen LogP contribution >= 0.6 is 11.8 Å². The molecule has 1 fully saturated rings. The van der Waals surface area contributed by atoms with E-state index in [0.29, 0.717) is 28.1 Å². The highest BCUT2D eigenvalue weighted by Gasteiger charge is 2.28. The molecule has 1 N–H and O–H groups in total. The first kappa shape index (κ1) is 16.1. The molecule has 0 aliphatic carbocycles. The maximum atomic E-state index is 12.7. The van der Waals surface area contributed by atoms with Gasteiger partial charge in [0.1, 0.15) is 5.03 Å². The molecule has 0 bridgehead atoms. The van der Waals surface area contributed by atoms with Crippen LogP contribution in [0, 0.1) is 18.8 Å². The van der Waals surface area contributed by atoms with Crippen LogP contribution in [0.5, 0.6) is 0 Å². The molecule has 0 spiro atoms. The lowest BCUT2D eigenvalue weighted by Crippen LogP contribution is -2.40. The zero-order valence-electron chi connectivity index (χ0n) is 13.1. The van der Waals surface area contributed by atoms with Crippen molar-refractivity contribution in [3.63, 3.8) is 0 Å². The average Bonchev–Trinajstić information content (AvgIpc) is 2.45. The Bertz CT molecular complexity index is 575. The van der Waals surface area contributed by atoms with Crippen molar-refractivity contribution in [2.45, 2.75) is 38.6 Å². The molecule has 2 rings (SSSR count). The molecule has 1 amide bonds. The number of hydrogen-bond donors (Lipinski definition) is 1. The Morgan fingerprint density at radius 3 is 2.52 bits per heavy atom. The number of H-pyrrole nitrogens is 1. The van der Waals surface area contributed by atoms with Gasteiger partial charge in [-0.2, -0.15) is 4.98 Å². The molecule has 1 aliphatic rings. The molecule has 5 nitrogen and oxygen atoms in total. The Kier molecular flexibility index (Phi) is 5.08. The van der Waals surface area contributed by atoms with Gasteiger partial charge in [0.15, 0.2) is 0 Å². The van der Waals surface area contributed by atoms with Crippen molar-refractivity contribution in [2.24, 2.45) is 11.8 Å². The Labute approximate surface area is 129 Å². The van der Waals surface area contributed by atoms with E-state index in [1.807, 2.05) is 11.2 Å². The minimum atomic E-state index is -0.396. The van der Waals surface area contributed by atoms with E-state index >= 15 is 0 Å². The summed E-state index contributed by atoms with van der Waals surface area (Å²) in [6, 6.07) is 0. The summed E-state index contributed by atoms with van der Waals surface area (Å²) in [6.45, 7) is 7.81. The quantitative estimate of drug-likeness (QED) is 0.687. The summed E-state index contributed by atoms with van der Waals surface area (Å²) in [4.78, 5) is 32.6. The number of aromatic amines is 1. The predicted molar refractivity (Wildman–Crippen MR) is 84.8 cm³/mol. The van der Waals surface area contributed by atoms with Crippen LogP contribution in [0.4, 0.5) is 0 Å². The molecule has 1 aromatic rings. The fourth-order valence-corrected chi connectivity index (χ4v) is 3.51. The molecular weight excluding hydrogens is 286 g/mol. The number of nitrogens with one attached hydrogen (secondary N) is 1. The molecule has 21 heavy (non-hydrogen) atoms. The predicted octanol–water partition coefficient (Wildman–Crippen LogP) is 2.31. The fraction of sp³-hybridized carbons (Fsp3) is 0.667. The van der Waals surface area contributed by atoms with E-state index in [1.165, 1.54) is 11.8 Å². The van der Waals surface area contributed by atoms with E-state index in [0.717, 1.165) is 25.9 Å². The average molecular weight is 309 g/mol. The van der Waals surface area contributed by atoms with Crippen molar-refractivity contribution < 1.29 is 4.79 Å². The van der Waals surface area contributed by atoms with Gasteiger partial charge in [0, 0.05) is 18.8 Å². The normalized spacial score (nSPS) is 16.5. The van der Waals surface area contributed by atoms with Crippen molar-refractivity contribution >= 4 is 17.7 Å². The van der Waals surface area contributed by atoms with Crippen LogP contribution in [-0.4, -0.2) is 40.1 Å². The topological polar surface area (TPSA) is 66.1 Å². The number of aryl methyl sites for hydroxylation is 1. The Balaban J connectivity index is 2.20. The molecule has 6 heteroatoms. The van der Waals surface area contributed by atoms with Gasteiger partial charge in [-0.15, -0.1) is 11.8 Å². The summed E-state index contributed by atoms with van der Waals surface area (Å²) in [5.41, 5.74) is 0.757. The summed E-state index contributed by atoms with van der Waals surface area (Å²) in [7, 11) is 0. The molecule has 116 valence electrons. The zero-order valence-corrected chi connectivity index (χ0v) is 13.9. The second kappa shape index (κ2) is 6.64. The van der Waals surface area contributed by atoms with Gasteiger partial charge in [0.25, 0.3) is 5.91 Å². The first-order valence-electron chi connectivity index (χ1n) is 7.38. The third-order valence-electron chi connectivity index (χ3n) is 4.26. The molecule has 0 unspecified atom stereocenters. The van der Waals surface area contributed by atoms with Gasteiger partial charge in [-0.25, -0.2) is 4.79 Å². The molecule has 0 saturated carbocycles. The highest BCUT2D eigenvalue weighted by atomic mass is 32.2. The van der Waals surface area contributed by atoms with Gasteiger partial charge in [0.2, 0.25) is 0 Å². The standard InChI is InChI=1S/C15H23N3O2S/c1-9(2)11-5-7-18(8-6-11)14(19)12-10(3)16-15(20)17-13(12)21-4/h9,11H,5-8H2,1-4H3,(H,16,17,20). The Morgan fingerprint density at radius 2 is 2.00 bits per heavy atom. The number of piperidine rings is 1. The van der Waals surface area contributed by atoms with E-state index in [9.17, 15) is 9.59 Å². The minimum Gasteiger partial charge on any atom is -0.338 e. The summed E-state index contributed by atoms with van der Waals surface area (Å²) in [6.07, 6.45) is 3.94. The van der Waals surface area contributed by atoms with Crippen molar-refractivity contribution in [1.82, 2.24) is 14.9 Å². The SMILES string of the molecule is CSc1nc(=O)[nH]c(C)c1C(=O)N1CCC(C(C)C)CC1. The van der Waals surface area contributed by atoms with E-state index in [1.54, 1.807) is 6.92 Å². The van der Waals surface area contributed by atoms with Gasteiger partial charge >= 0.3 is 5.69 Å². The highest BCUT2D eigenvalue weighted by Crippen LogP contribution is 2.27. The van der Waals surface area contributed by atoms with E-state index in [-0.39, 0.29) is 5.91 Å². The Hall–Kier alpha value is -1.30. The van der Waals surface area contributed by atoms with Crippen LogP contribution in [0.2, 0.25) is 0 Å². The van der Waals surface area contributed by atoms with Gasteiger partial charge in [-0.05, 0) is 37.9 Å². The monoisotopic (exact) mass is 309 g/mol. The lowest BCUT2D eigenvalue weighted by molar-refractivity contribution is 0.0662. The fourth-order valence-electron chi connectivity index (χ4n) is 2.89. The van der Waals surface area contributed by atoms with Crippen molar-refractivity contribution in [2.75, 3.05) is 19.3 Å². The smallest absolute Gasteiger partial charge is 0.338 e. The number of hydrogen-bond acceptors (Lipinski definition) is 4. The number of thioether (sulfide) groups is 1. The maximum Gasteiger partial charge on any atom is 0.346 e. The molecule has 2 heterocycles. The number of aromatic nitrogens is 2. The maximum absolute atomic E-state index is 12.7. The van der Waals surface area contributed by atoms with Crippen molar-refractivity contribution in [3.8, 4) is 0 Å². The molecule has 0 radical (unpaired) electrons. The van der Waals surface area contributed by atoms with Crippen LogP contribution in [0.1, 0.15) is 42.7 Å². The van der Waals surface area contributed by atoms with Gasteiger partial charge < -0.3 is 9.88 Å². The lowest BCUT2D eigenvalue weighted by atomic mass is 9.86. The first-order chi connectivity index (χ1) is 9.93. The van der Waals surface area contributed by atoms with Crippen LogP contribution < -0.4 is 5.69 Å². The molecule has 1 aliphatic heterocycles.